The zero-order valence-electron chi connectivity index (χ0n) is 20.9. The van der Waals surface area contributed by atoms with Crippen LogP contribution < -0.4 is 10.3 Å². The van der Waals surface area contributed by atoms with Gasteiger partial charge in [-0.25, -0.2) is 4.79 Å². The zero-order valence-corrected chi connectivity index (χ0v) is 20.9. The van der Waals surface area contributed by atoms with Crippen LogP contribution in [0.3, 0.4) is 0 Å². The summed E-state index contributed by atoms with van der Waals surface area (Å²) in [5, 5.41) is 13.7. The van der Waals surface area contributed by atoms with Gasteiger partial charge in [-0.1, -0.05) is 35.5 Å². The van der Waals surface area contributed by atoms with Crippen molar-refractivity contribution in [2.75, 3.05) is 18.0 Å². The lowest BCUT2D eigenvalue weighted by atomic mass is 9.95. The van der Waals surface area contributed by atoms with Crippen LogP contribution in [-0.4, -0.2) is 33.9 Å². The van der Waals surface area contributed by atoms with Crippen molar-refractivity contribution < 1.29 is 27.6 Å². The molecule has 39 heavy (non-hydrogen) atoms. The summed E-state index contributed by atoms with van der Waals surface area (Å²) in [4.78, 5) is 26.0. The minimum Gasteiger partial charge on any atom is -0.477 e. The molecule has 1 N–H and O–H groups in total. The SMILES string of the molecule is Cn1cc(C(=O)O)c(=O)c2ccc(N3CC(/C=C/c4c(-c5ccccc5C(F)(F)F)noc4C4CC4)C3)cc21. The normalized spacial score (nSPS) is 16.3. The molecule has 4 aromatic rings. The highest BCUT2D eigenvalue weighted by atomic mass is 19.4. The standard InChI is InChI=1S/C29H24F3N3O4/c1-34-15-22(28(37)38)26(36)20-11-9-18(12-24(20)34)35-13-16(14-35)6-10-21-25(33-39-27(21)17-7-8-17)19-4-2-3-5-23(19)29(30,31)32/h2-6,9-12,15-17H,7-8,13-14H2,1H3,(H,37,38)/b10-6+. The summed E-state index contributed by atoms with van der Waals surface area (Å²) in [5.41, 5.74) is 0.797. The van der Waals surface area contributed by atoms with Gasteiger partial charge in [0.15, 0.2) is 0 Å². The molecule has 0 amide bonds. The van der Waals surface area contributed by atoms with E-state index in [1.807, 2.05) is 18.2 Å². The molecule has 2 aliphatic rings. The van der Waals surface area contributed by atoms with Crippen molar-refractivity contribution in [3.05, 3.63) is 87.4 Å². The number of hydrogen-bond donors (Lipinski definition) is 1. The third kappa shape index (κ3) is 4.49. The monoisotopic (exact) mass is 535 g/mol. The fourth-order valence-electron chi connectivity index (χ4n) is 5.14. The minimum atomic E-state index is -4.51. The summed E-state index contributed by atoms with van der Waals surface area (Å²) in [6, 6.07) is 10.7. The molecular weight excluding hydrogens is 511 g/mol. The molecule has 1 saturated heterocycles. The van der Waals surface area contributed by atoms with Crippen LogP contribution in [0.2, 0.25) is 0 Å². The molecule has 0 bridgehead atoms. The molecule has 0 unspecified atom stereocenters. The predicted octanol–water partition coefficient (Wildman–Crippen LogP) is 5.94. The first kappa shape index (κ1) is 25.0. The van der Waals surface area contributed by atoms with Crippen molar-refractivity contribution >= 4 is 28.6 Å². The maximum absolute atomic E-state index is 13.7. The number of benzene rings is 2. The van der Waals surface area contributed by atoms with E-state index in [-0.39, 0.29) is 28.7 Å². The molecule has 1 aliphatic carbocycles. The topological polar surface area (TPSA) is 88.6 Å². The summed E-state index contributed by atoms with van der Waals surface area (Å²) in [6.07, 6.45) is 2.49. The second-order valence-corrected chi connectivity index (χ2v) is 10.1. The fraction of sp³-hybridized carbons (Fsp3) is 0.276. The van der Waals surface area contributed by atoms with E-state index in [0.717, 1.165) is 24.6 Å². The molecule has 10 heteroatoms. The molecule has 0 spiro atoms. The number of aromatic carboxylic acids is 1. The maximum atomic E-state index is 13.7. The molecule has 2 aromatic heterocycles. The first-order valence-electron chi connectivity index (χ1n) is 12.6. The van der Waals surface area contributed by atoms with E-state index < -0.39 is 23.1 Å². The molecule has 0 atom stereocenters. The number of pyridine rings is 1. The molecule has 2 aromatic carbocycles. The first-order valence-corrected chi connectivity index (χ1v) is 12.6. The van der Waals surface area contributed by atoms with E-state index in [1.165, 1.54) is 18.3 Å². The van der Waals surface area contributed by atoms with Crippen molar-refractivity contribution in [1.29, 1.82) is 0 Å². The second kappa shape index (κ2) is 9.14. The van der Waals surface area contributed by atoms with Crippen LogP contribution in [0.5, 0.6) is 0 Å². The number of carbonyl (C=O) groups is 1. The van der Waals surface area contributed by atoms with Crippen molar-refractivity contribution in [3.8, 4) is 11.3 Å². The van der Waals surface area contributed by atoms with Crippen molar-refractivity contribution in [2.24, 2.45) is 13.0 Å². The van der Waals surface area contributed by atoms with Crippen molar-refractivity contribution in [2.45, 2.75) is 24.9 Å². The van der Waals surface area contributed by atoms with Gasteiger partial charge in [0.1, 0.15) is 17.0 Å². The molecular formula is C29H24F3N3O4. The van der Waals surface area contributed by atoms with Gasteiger partial charge in [-0.3, -0.25) is 4.79 Å². The quantitative estimate of drug-likeness (QED) is 0.329. The van der Waals surface area contributed by atoms with E-state index in [4.69, 9.17) is 4.52 Å². The van der Waals surface area contributed by atoms with Gasteiger partial charge in [0.2, 0.25) is 5.43 Å². The second-order valence-electron chi connectivity index (χ2n) is 10.1. The van der Waals surface area contributed by atoms with Crippen LogP contribution in [0, 0.1) is 5.92 Å². The van der Waals surface area contributed by atoms with E-state index in [1.54, 1.807) is 29.8 Å². The van der Waals surface area contributed by atoms with Crippen molar-refractivity contribution in [1.82, 2.24) is 9.72 Å². The summed E-state index contributed by atoms with van der Waals surface area (Å²) in [5.74, 6) is -0.299. The van der Waals surface area contributed by atoms with Gasteiger partial charge in [-0.15, -0.1) is 0 Å². The molecule has 200 valence electrons. The Morgan fingerprint density at radius 3 is 2.59 bits per heavy atom. The third-order valence-corrected chi connectivity index (χ3v) is 7.41. The molecule has 1 aliphatic heterocycles. The number of anilines is 1. The number of halogens is 3. The van der Waals surface area contributed by atoms with Gasteiger partial charge in [0.25, 0.3) is 0 Å². The number of carboxylic acid groups (broad SMARTS) is 1. The molecule has 3 heterocycles. The van der Waals surface area contributed by atoms with Crippen LogP contribution in [0.25, 0.3) is 28.2 Å². The lowest BCUT2D eigenvalue weighted by molar-refractivity contribution is -0.137. The van der Waals surface area contributed by atoms with Gasteiger partial charge >= 0.3 is 12.1 Å². The Labute approximate surface area is 220 Å². The Balaban J connectivity index is 1.25. The third-order valence-electron chi connectivity index (χ3n) is 7.41. The number of aryl methyl sites for hydroxylation is 1. The molecule has 0 radical (unpaired) electrons. The lowest BCUT2D eigenvalue weighted by Gasteiger charge is -2.39. The van der Waals surface area contributed by atoms with E-state index in [2.05, 4.69) is 10.1 Å². The van der Waals surface area contributed by atoms with Gasteiger partial charge in [0.05, 0.1) is 11.1 Å². The minimum absolute atomic E-state index is 0.00312. The van der Waals surface area contributed by atoms with Crippen LogP contribution in [0.4, 0.5) is 18.9 Å². The largest absolute Gasteiger partial charge is 0.477 e. The highest BCUT2D eigenvalue weighted by molar-refractivity contribution is 5.93. The van der Waals surface area contributed by atoms with E-state index in [0.29, 0.717) is 35.3 Å². The Morgan fingerprint density at radius 2 is 1.90 bits per heavy atom. The number of hydrogen-bond acceptors (Lipinski definition) is 5. The van der Waals surface area contributed by atoms with Gasteiger partial charge in [0, 0.05) is 60.4 Å². The average molecular weight is 536 g/mol. The molecule has 2 fully saturated rings. The maximum Gasteiger partial charge on any atom is 0.417 e. The number of rotatable bonds is 6. The summed E-state index contributed by atoms with van der Waals surface area (Å²) in [7, 11) is 1.70. The number of nitrogens with zero attached hydrogens (tertiary/aromatic N) is 3. The Hall–Kier alpha value is -4.34. The summed E-state index contributed by atoms with van der Waals surface area (Å²) in [6.45, 7) is 1.36. The zero-order chi connectivity index (χ0) is 27.5. The lowest BCUT2D eigenvalue weighted by Crippen LogP contribution is -2.45. The van der Waals surface area contributed by atoms with Gasteiger partial charge in [-0.05, 0) is 37.1 Å². The van der Waals surface area contributed by atoms with Gasteiger partial charge in [-0.2, -0.15) is 13.2 Å². The summed E-state index contributed by atoms with van der Waals surface area (Å²) >= 11 is 0. The Bertz CT molecular complexity index is 1690. The van der Waals surface area contributed by atoms with Crippen LogP contribution >= 0.6 is 0 Å². The number of alkyl halides is 3. The Kier molecular flexibility index (Phi) is 5.85. The average Bonchev–Trinajstić information content (AvgIpc) is 3.63. The molecule has 6 rings (SSSR count). The van der Waals surface area contributed by atoms with Crippen LogP contribution in [-0.2, 0) is 13.2 Å². The number of carboxylic acids is 1. The van der Waals surface area contributed by atoms with Crippen LogP contribution in [0.1, 0.15) is 46.0 Å². The highest BCUT2D eigenvalue weighted by Crippen LogP contribution is 2.46. The number of aromatic nitrogens is 2. The van der Waals surface area contributed by atoms with E-state index >= 15 is 0 Å². The fourth-order valence-corrected chi connectivity index (χ4v) is 5.14. The highest BCUT2D eigenvalue weighted by Gasteiger charge is 2.37. The molecule has 1 saturated carbocycles. The Morgan fingerprint density at radius 1 is 1.15 bits per heavy atom. The smallest absolute Gasteiger partial charge is 0.417 e. The summed E-state index contributed by atoms with van der Waals surface area (Å²) < 4.78 is 48.3. The van der Waals surface area contributed by atoms with Crippen LogP contribution in [0.15, 0.2) is 64.1 Å². The van der Waals surface area contributed by atoms with E-state index in [9.17, 15) is 27.9 Å². The number of fused-ring (bicyclic) bond motifs is 1. The van der Waals surface area contributed by atoms with Gasteiger partial charge < -0.3 is 19.1 Å². The predicted molar refractivity (Wildman–Crippen MR) is 140 cm³/mol. The first-order chi connectivity index (χ1) is 18.6. The van der Waals surface area contributed by atoms with Crippen molar-refractivity contribution in [3.63, 3.8) is 0 Å². The molecule has 7 nitrogen and oxygen atoms in total.